The third-order valence-electron chi connectivity index (χ3n) is 3.09. The van der Waals surface area contributed by atoms with E-state index >= 15 is 0 Å². The SMILES string of the molecule is Nc1ccccc1C(=O)NC(=O)NC=C1CCCC1. The molecule has 5 nitrogen and oxygen atoms in total. The van der Waals surface area contributed by atoms with Gasteiger partial charge in [-0.15, -0.1) is 0 Å². The first kappa shape index (κ1) is 13.1. The van der Waals surface area contributed by atoms with E-state index in [9.17, 15) is 9.59 Å². The van der Waals surface area contributed by atoms with Crippen LogP contribution in [-0.2, 0) is 0 Å². The smallest absolute Gasteiger partial charge is 0.325 e. The molecule has 1 aromatic rings. The van der Waals surface area contributed by atoms with E-state index in [1.807, 2.05) is 0 Å². The number of nitrogens with one attached hydrogen (secondary N) is 2. The quantitative estimate of drug-likeness (QED) is 0.711. The summed E-state index contributed by atoms with van der Waals surface area (Å²) in [5, 5.41) is 4.82. The number of anilines is 1. The fourth-order valence-corrected chi connectivity index (χ4v) is 2.05. The Balaban J connectivity index is 1.90. The van der Waals surface area contributed by atoms with Crippen molar-refractivity contribution in [2.45, 2.75) is 25.7 Å². The van der Waals surface area contributed by atoms with Gasteiger partial charge in [0.2, 0.25) is 0 Å². The van der Waals surface area contributed by atoms with Crippen LogP contribution in [0.2, 0.25) is 0 Å². The molecule has 0 bridgehead atoms. The predicted octanol–water partition coefficient (Wildman–Crippen LogP) is 2.17. The van der Waals surface area contributed by atoms with Crippen molar-refractivity contribution in [1.82, 2.24) is 10.6 Å². The van der Waals surface area contributed by atoms with Gasteiger partial charge >= 0.3 is 6.03 Å². The molecule has 0 heterocycles. The van der Waals surface area contributed by atoms with Crippen molar-refractivity contribution in [3.8, 4) is 0 Å². The zero-order valence-corrected chi connectivity index (χ0v) is 10.6. The molecule has 100 valence electrons. The number of urea groups is 1. The monoisotopic (exact) mass is 259 g/mol. The maximum atomic E-state index is 11.8. The van der Waals surface area contributed by atoms with Gasteiger partial charge in [0.25, 0.3) is 5.91 Å². The lowest BCUT2D eigenvalue weighted by Gasteiger charge is -2.06. The summed E-state index contributed by atoms with van der Waals surface area (Å²) in [4.78, 5) is 23.4. The average Bonchev–Trinajstić information content (AvgIpc) is 2.90. The van der Waals surface area contributed by atoms with Gasteiger partial charge in [0, 0.05) is 11.9 Å². The lowest BCUT2D eigenvalue weighted by atomic mass is 10.2. The number of nitrogen functional groups attached to an aromatic ring is 1. The summed E-state index contributed by atoms with van der Waals surface area (Å²) in [5.74, 6) is -0.500. The minimum atomic E-state index is -0.535. The highest BCUT2D eigenvalue weighted by atomic mass is 16.2. The standard InChI is InChI=1S/C14H17N3O2/c15-12-8-4-3-7-11(12)13(18)17-14(19)16-9-10-5-1-2-6-10/h3-4,7-9H,1-2,5-6,15H2,(H2,16,17,18,19). The fourth-order valence-electron chi connectivity index (χ4n) is 2.05. The second-order valence-electron chi connectivity index (χ2n) is 4.52. The Kier molecular flexibility index (Phi) is 4.18. The van der Waals surface area contributed by atoms with Crippen LogP contribution in [0, 0.1) is 0 Å². The van der Waals surface area contributed by atoms with E-state index in [1.54, 1.807) is 30.5 Å². The maximum Gasteiger partial charge on any atom is 0.325 e. The van der Waals surface area contributed by atoms with Crippen LogP contribution in [0.25, 0.3) is 0 Å². The first-order valence-corrected chi connectivity index (χ1v) is 6.31. The Morgan fingerprint density at radius 1 is 1.16 bits per heavy atom. The normalized spacial score (nSPS) is 14.0. The van der Waals surface area contributed by atoms with Gasteiger partial charge in [0.05, 0.1) is 5.56 Å². The Morgan fingerprint density at radius 2 is 1.84 bits per heavy atom. The highest BCUT2D eigenvalue weighted by molar-refractivity contribution is 6.07. The molecule has 1 saturated carbocycles. The van der Waals surface area contributed by atoms with E-state index in [2.05, 4.69) is 10.6 Å². The van der Waals surface area contributed by atoms with Crippen molar-refractivity contribution in [1.29, 1.82) is 0 Å². The number of nitrogens with two attached hydrogens (primary N) is 1. The van der Waals surface area contributed by atoms with Crippen LogP contribution in [-0.4, -0.2) is 11.9 Å². The molecular formula is C14H17N3O2. The molecule has 0 radical (unpaired) electrons. The average molecular weight is 259 g/mol. The number of hydrogen-bond acceptors (Lipinski definition) is 3. The zero-order valence-electron chi connectivity index (χ0n) is 10.6. The summed E-state index contributed by atoms with van der Waals surface area (Å²) < 4.78 is 0. The van der Waals surface area contributed by atoms with Crippen molar-refractivity contribution in [2.75, 3.05) is 5.73 Å². The maximum absolute atomic E-state index is 11.8. The molecule has 3 amide bonds. The molecule has 0 aliphatic heterocycles. The minimum Gasteiger partial charge on any atom is -0.398 e. The molecular weight excluding hydrogens is 242 g/mol. The summed E-state index contributed by atoms with van der Waals surface area (Å²) >= 11 is 0. The van der Waals surface area contributed by atoms with Gasteiger partial charge in [0.15, 0.2) is 0 Å². The van der Waals surface area contributed by atoms with Crippen molar-refractivity contribution >= 4 is 17.6 Å². The van der Waals surface area contributed by atoms with Crippen LogP contribution >= 0.6 is 0 Å². The number of benzene rings is 1. The van der Waals surface area contributed by atoms with Gasteiger partial charge in [-0.3, -0.25) is 10.1 Å². The topological polar surface area (TPSA) is 84.2 Å². The van der Waals surface area contributed by atoms with E-state index in [0.29, 0.717) is 11.3 Å². The number of imide groups is 1. The van der Waals surface area contributed by atoms with Gasteiger partial charge in [-0.1, -0.05) is 17.7 Å². The lowest BCUT2D eigenvalue weighted by Crippen LogP contribution is -2.37. The summed E-state index contributed by atoms with van der Waals surface area (Å²) in [7, 11) is 0. The van der Waals surface area contributed by atoms with E-state index in [1.165, 1.54) is 5.57 Å². The highest BCUT2D eigenvalue weighted by Crippen LogP contribution is 2.22. The number of allylic oxidation sites excluding steroid dienone is 1. The van der Waals surface area contributed by atoms with Crippen molar-refractivity contribution in [3.63, 3.8) is 0 Å². The number of carbonyl (C=O) groups is 2. The number of carbonyl (C=O) groups excluding carboxylic acids is 2. The number of rotatable bonds is 2. The number of hydrogen-bond donors (Lipinski definition) is 3. The van der Waals surface area contributed by atoms with Gasteiger partial charge in [-0.25, -0.2) is 4.79 Å². The molecule has 0 saturated heterocycles. The fraction of sp³-hybridized carbons (Fsp3) is 0.286. The molecule has 0 aromatic heterocycles. The first-order chi connectivity index (χ1) is 9.16. The molecule has 1 fully saturated rings. The number of amides is 3. The molecule has 4 N–H and O–H groups in total. The van der Waals surface area contributed by atoms with Crippen molar-refractivity contribution in [3.05, 3.63) is 41.6 Å². The third kappa shape index (κ3) is 3.58. The second kappa shape index (κ2) is 6.04. The Hall–Kier alpha value is -2.30. The first-order valence-electron chi connectivity index (χ1n) is 6.31. The molecule has 0 spiro atoms. The van der Waals surface area contributed by atoms with Gasteiger partial charge < -0.3 is 11.1 Å². The molecule has 2 rings (SSSR count). The molecule has 5 heteroatoms. The largest absolute Gasteiger partial charge is 0.398 e. The van der Waals surface area contributed by atoms with E-state index in [4.69, 9.17) is 5.73 Å². The molecule has 1 aliphatic rings. The Bertz CT molecular complexity index is 515. The van der Waals surface area contributed by atoms with Gasteiger partial charge in [0.1, 0.15) is 0 Å². The molecule has 1 aromatic carbocycles. The van der Waals surface area contributed by atoms with Crippen LogP contribution in [0.5, 0.6) is 0 Å². The Labute approximate surface area is 111 Å². The second-order valence-corrected chi connectivity index (χ2v) is 4.52. The van der Waals surface area contributed by atoms with Crippen LogP contribution in [0.1, 0.15) is 36.0 Å². The van der Waals surface area contributed by atoms with E-state index in [-0.39, 0.29) is 0 Å². The van der Waals surface area contributed by atoms with E-state index in [0.717, 1.165) is 25.7 Å². The minimum absolute atomic E-state index is 0.297. The molecule has 19 heavy (non-hydrogen) atoms. The molecule has 1 aliphatic carbocycles. The summed E-state index contributed by atoms with van der Waals surface area (Å²) in [6.45, 7) is 0. The summed E-state index contributed by atoms with van der Waals surface area (Å²) in [6, 6.07) is 6.09. The molecule has 0 atom stereocenters. The van der Waals surface area contributed by atoms with Crippen molar-refractivity contribution < 1.29 is 9.59 Å². The number of para-hydroxylation sites is 1. The lowest BCUT2D eigenvalue weighted by molar-refractivity contribution is 0.0965. The summed E-state index contributed by atoms with van der Waals surface area (Å²) in [6.07, 6.45) is 6.03. The van der Waals surface area contributed by atoms with Gasteiger partial charge in [-0.2, -0.15) is 0 Å². The van der Waals surface area contributed by atoms with Gasteiger partial charge in [-0.05, 0) is 37.8 Å². The highest BCUT2D eigenvalue weighted by Gasteiger charge is 2.12. The van der Waals surface area contributed by atoms with Crippen LogP contribution in [0.3, 0.4) is 0 Å². The predicted molar refractivity (Wildman–Crippen MR) is 73.4 cm³/mol. The van der Waals surface area contributed by atoms with Crippen LogP contribution in [0.4, 0.5) is 10.5 Å². The molecule has 0 unspecified atom stereocenters. The van der Waals surface area contributed by atoms with Crippen LogP contribution in [0.15, 0.2) is 36.0 Å². The van der Waals surface area contributed by atoms with E-state index < -0.39 is 11.9 Å². The zero-order chi connectivity index (χ0) is 13.7. The Morgan fingerprint density at radius 3 is 2.53 bits per heavy atom. The summed E-state index contributed by atoms with van der Waals surface area (Å²) in [5.41, 5.74) is 7.52. The van der Waals surface area contributed by atoms with Crippen LogP contribution < -0.4 is 16.4 Å². The van der Waals surface area contributed by atoms with Crippen molar-refractivity contribution in [2.24, 2.45) is 0 Å². The third-order valence-corrected chi connectivity index (χ3v) is 3.09.